The monoisotopic (exact) mass is 484 g/mol. The number of Topliss-reactive ketones (excluding diaryl/α,β-unsaturated/α-hetero) is 1. The van der Waals surface area contributed by atoms with Gasteiger partial charge in [0, 0.05) is 36.2 Å². The van der Waals surface area contributed by atoms with E-state index in [2.05, 4.69) is 38.7 Å². The molecule has 1 aliphatic rings. The van der Waals surface area contributed by atoms with Gasteiger partial charge in [0.05, 0.1) is 5.69 Å². The summed E-state index contributed by atoms with van der Waals surface area (Å²) in [5.74, 6) is 1.99. The van der Waals surface area contributed by atoms with Crippen LogP contribution in [0.25, 0.3) is 22.6 Å². The minimum atomic E-state index is 0.0682. The summed E-state index contributed by atoms with van der Waals surface area (Å²) in [6, 6.07) is 12.0. The molecule has 1 fully saturated rings. The molecule has 0 amide bonds. The van der Waals surface area contributed by atoms with Gasteiger partial charge in [-0.25, -0.2) is 14.8 Å². The molecule has 1 aromatic carbocycles. The van der Waals surface area contributed by atoms with Crippen molar-refractivity contribution in [1.29, 1.82) is 0 Å². The molecule has 0 bridgehead atoms. The molecule has 36 heavy (non-hydrogen) atoms. The zero-order valence-electron chi connectivity index (χ0n) is 20.7. The van der Waals surface area contributed by atoms with Gasteiger partial charge in [-0.2, -0.15) is 0 Å². The molecule has 5 rings (SSSR count). The van der Waals surface area contributed by atoms with E-state index in [9.17, 15) is 4.79 Å². The Hall–Kier alpha value is -3.75. The van der Waals surface area contributed by atoms with Crippen molar-refractivity contribution in [2.75, 3.05) is 0 Å². The summed E-state index contributed by atoms with van der Waals surface area (Å²) < 4.78 is 1.94. The number of nitrogens with zero attached hydrogens (tertiary/aromatic N) is 7. The Balaban J connectivity index is 1.37. The second-order valence-corrected chi connectivity index (χ2v) is 9.50. The largest absolute Gasteiger partial charge is 0.290 e. The summed E-state index contributed by atoms with van der Waals surface area (Å²) in [7, 11) is 0. The lowest BCUT2D eigenvalue weighted by atomic mass is 9.86. The third-order valence-corrected chi connectivity index (χ3v) is 6.91. The highest BCUT2D eigenvalue weighted by Gasteiger charge is 2.26. The third-order valence-electron chi connectivity index (χ3n) is 6.91. The van der Waals surface area contributed by atoms with E-state index in [1.807, 2.05) is 41.2 Å². The fourth-order valence-corrected chi connectivity index (χ4v) is 4.90. The number of hydrogen-bond acceptors (Lipinski definition) is 7. The number of aromatic nitrogens is 8. The fourth-order valence-electron chi connectivity index (χ4n) is 4.90. The van der Waals surface area contributed by atoms with E-state index in [4.69, 9.17) is 9.97 Å². The first-order valence-corrected chi connectivity index (χ1v) is 13.0. The molecule has 1 aliphatic carbocycles. The number of ketones is 1. The Labute approximate surface area is 210 Å². The van der Waals surface area contributed by atoms with Gasteiger partial charge < -0.3 is 0 Å². The number of unbranched alkanes of at least 4 members (excludes halogenated alkanes) is 2. The average molecular weight is 485 g/mol. The zero-order valence-corrected chi connectivity index (χ0v) is 20.7. The number of rotatable bonds is 10. The third kappa shape index (κ3) is 5.40. The first kappa shape index (κ1) is 24.0. The molecule has 3 aromatic heterocycles. The van der Waals surface area contributed by atoms with Crippen molar-refractivity contribution >= 4 is 5.78 Å². The van der Waals surface area contributed by atoms with Gasteiger partial charge in [0.2, 0.25) is 11.6 Å². The molecule has 3 heterocycles. The highest BCUT2D eigenvalue weighted by molar-refractivity contribution is 5.94. The maximum Gasteiger partial charge on any atom is 0.217 e. The van der Waals surface area contributed by atoms with Gasteiger partial charge in [-0.15, -0.1) is 10.2 Å². The van der Waals surface area contributed by atoms with Crippen LogP contribution >= 0.6 is 0 Å². The predicted molar refractivity (Wildman–Crippen MR) is 136 cm³/mol. The molecule has 9 nitrogen and oxygen atoms in total. The number of aryl methyl sites for hydroxylation is 1. The van der Waals surface area contributed by atoms with Crippen molar-refractivity contribution in [1.82, 2.24) is 40.4 Å². The van der Waals surface area contributed by atoms with Crippen molar-refractivity contribution in [3.05, 3.63) is 59.8 Å². The minimum absolute atomic E-state index is 0.0682. The van der Waals surface area contributed by atoms with Crippen LogP contribution in [-0.2, 0) is 13.0 Å². The molecule has 0 saturated heterocycles. The van der Waals surface area contributed by atoms with Crippen LogP contribution in [0.3, 0.4) is 0 Å². The van der Waals surface area contributed by atoms with Crippen molar-refractivity contribution in [3.63, 3.8) is 0 Å². The lowest BCUT2D eigenvalue weighted by molar-refractivity contribution is 0.0878. The summed E-state index contributed by atoms with van der Waals surface area (Å²) in [6.07, 6.45) is 11.1. The van der Waals surface area contributed by atoms with Crippen LogP contribution in [-0.4, -0.2) is 46.2 Å². The van der Waals surface area contributed by atoms with Crippen LogP contribution in [0.15, 0.2) is 42.6 Å². The lowest BCUT2D eigenvalue weighted by Gasteiger charge is -2.18. The average Bonchev–Trinajstić information content (AvgIpc) is 3.60. The molecule has 0 atom stereocenters. The Bertz CT molecular complexity index is 1270. The first-order chi connectivity index (χ1) is 17.7. The minimum Gasteiger partial charge on any atom is -0.290 e. The number of nitrogens with one attached hydrogen (secondary N) is 1. The van der Waals surface area contributed by atoms with Gasteiger partial charge in [0.15, 0.2) is 5.82 Å². The summed E-state index contributed by atoms with van der Waals surface area (Å²) in [5.41, 5.74) is 3.71. The van der Waals surface area contributed by atoms with Gasteiger partial charge in [-0.05, 0) is 41.3 Å². The van der Waals surface area contributed by atoms with Gasteiger partial charge in [-0.1, -0.05) is 69.4 Å². The van der Waals surface area contributed by atoms with E-state index in [-0.39, 0.29) is 11.7 Å². The van der Waals surface area contributed by atoms with E-state index in [1.165, 1.54) is 6.42 Å². The van der Waals surface area contributed by atoms with Crippen LogP contribution in [0.2, 0.25) is 0 Å². The van der Waals surface area contributed by atoms with E-state index >= 15 is 0 Å². The van der Waals surface area contributed by atoms with Gasteiger partial charge >= 0.3 is 0 Å². The predicted octanol–water partition coefficient (Wildman–Crippen LogP) is 5.06. The molecule has 4 aromatic rings. The topological polar surface area (TPSA) is 115 Å². The molecular weight excluding hydrogens is 452 g/mol. The molecule has 1 saturated carbocycles. The van der Waals surface area contributed by atoms with E-state index in [0.717, 1.165) is 79.7 Å². The Kier molecular flexibility index (Phi) is 7.54. The molecule has 0 aliphatic heterocycles. The second-order valence-electron chi connectivity index (χ2n) is 9.50. The number of hydrogen-bond donors (Lipinski definition) is 1. The number of benzene rings is 1. The first-order valence-electron chi connectivity index (χ1n) is 13.0. The van der Waals surface area contributed by atoms with Crippen LogP contribution in [0.1, 0.15) is 80.3 Å². The lowest BCUT2D eigenvalue weighted by Crippen LogP contribution is -2.19. The number of H-pyrrole nitrogens is 1. The quantitative estimate of drug-likeness (QED) is 0.247. The summed E-state index contributed by atoms with van der Waals surface area (Å²) in [5, 5.41) is 18.9. The fraction of sp³-hybridized carbons (Fsp3) is 0.444. The summed E-state index contributed by atoms with van der Waals surface area (Å²) >= 11 is 0. The van der Waals surface area contributed by atoms with E-state index in [1.54, 1.807) is 0 Å². The highest BCUT2D eigenvalue weighted by atomic mass is 16.1. The molecule has 9 heteroatoms. The highest BCUT2D eigenvalue weighted by Crippen LogP contribution is 2.29. The van der Waals surface area contributed by atoms with Crippen molar-refractivity contribution in [3.8, 4) is 22.6 Å². The normalized spacial score (nSPS) is 14.2. The number of tetrazole rings is 1. The maximum absolute atomic E-state index is 13.1. The van der Waals surface area contributed by atoms with Gasteiger partial charge in [0.25, 0.3) is 0 Å². The van der Waals surface area contributed by atoms with Gasteiger partial charge in [-0.3, -0.25) is 9.78 Å². The van der Waals surface area contributed by atoms with Gasteiger partial charge in [0.1, 0.15) is 5.82 Å². The molecule has 0 unspecified atom stereocenters. The molecule has 0 spiro atoms. The van der Waals surface area contributed by atoms with Crippen LogP contribution in [0.4, 0.5) is 0 Å². The number of pyridine rings is 1. The summed E-state index contributed by atoms with van der Waals surface area (Å²) in [6.45, 7) is 2.96. The van der Waals surface area contributed by atoms with Crippen LogP contribution in [0.5, 0.6) is 0 Å². The number of aromatic amines is 1. The molecule has 1 N–H and O–H groups in total. The van der Waals surface area contributed by atoms with Crippen LogP contribution in [0, 0.1) is 5.92 Å². The smallest absolute Gasteiger partial charge is 0.217 e. The number of carbonyl (C=O) groups excluding carboxylic acids is 1. The van der Waals surface area contributed by atoms with Crippen LogP contribution < -0.4 is 0 Å². The number of carbonyl (C=O) groups is 1. The molecular formula is C27H32N8O. The van der Waals surface area contributed by atoms with Crippen molar-refractivity contribution in [2.24, 2.45) is 5.92 Å². The Morgan fingerprint density at radius 2 is 1.89 bits per heavy atom. The van der Waals surface area contributed by atoms with E-state index in [0.29, 0.717) is 18.1 Å². The maximum atomic E-state index is 13.1. The Morgan fingerprint density at radius 3 is 2.61 bits per heavy atom. The second kappa shape index (κ2) is 11.3. The van der Waals surface area contributed by atoms with E-state index < -0.39 is 0 Å². The summed E-state index contributed by atoms with van der Waals surface area (Å²) in [4.78, 5) is 22.6. The molecule has 186 valence electrons. The zero-order chi connectivity index (χ0) is 24.7. The molecule has 0 radical (unpaired) electrons. The SMILES string of the molecule is CCCCCn1nc(C(=O)C2CCCCC2)nc1Cc1ccc(-c2ccccc2-c2nnn[nH]2)nc1. The van der Waals surface area contributed by atoms with Crippen molar-refractivity contribution < 1.29 is 4.79 Å². The Morgan fingerprint density at radius 1 is 1.06 bits per heavy atom. The standard InChI is InChI=1S/C27H32N8O/c1-2-3-9-16-35-24(29-27(32-35)25(36)20-10-5-4-6-11-20)17-19-14-15-23(28-18-19)21-12-7-8-13-22(21)26-30-33-34-31-26/h7-8,12-15,18,20H,2-6,9-11,16-17H2,1H3,(H,30,31,33,34). The van der Waals surface area contributed by atoms with Crippen molar-refractivity contribution in [2.45, 2.75) is 71.3 Å².